The lowest BCUT2D eigenvalue weighted by atomic mass is 9.70. The van der Waals surface area contributed by atoms with Crippen LogP contribution in [0.15, 0.2) is 194 Å². The van der Waals surface area contributed by atoms with Crippen molar-refractivity contribution in [3.05, 3.63) is 216 Å². The Balaban J connectivity index is 1.10. The summed E-state index contributed by atoms with van der Waals surface area (Å²) >= 11 is 0. The maximum Gasteiger partial charge on any atom is 0.160 e. The van der Waals surface area contributed by atoms with Gasteiger partial charge in [-0.1, -0.05) is 170 Å². The predicted octanol–water partition coefficient (Wildman–Crippen LogP) is 13.3. The number of rotatable bonds is 3. The average Bonchev–Trinajstić information content (AvgIpc) is 3.73. The molecule has 0 saturated carbocycles. The van der Waals surface area contributed by atoms with Crippen molar-refractivity contribution in [2.45, 2.75) is 5.41 Å². The molecule has 0 atom stereocenters. The quantitative estimate of drug-likeness (QED) is 0.136. The molecule has 0 bridgehead atoms. The predicted molar refractivity (Wildman–Crippen MR) is 227 cm³/mol. The number of fused-ring (bicyclic) bond motifs is 14. The fraction of sp³-hybridized carbons (Fsp3) is 0.0189. The minimum absolute atomic E-state index is 0.423. The van der Waals surface area contributed by atoms with Gasteiger partial charge in [-0.15, -0.1) is 0 Å². The Morgan fingerprint density at radius 1 is 0.291 bits per heavy atom. The molecule has 12 rings (SSSR count). The van der Waals surface area contributed by atoms with Crippen molar-refractivity contribution in [2.75, 3.05) is 0 Å². The van der Waals surface area contributed by atoms with Crippen LogP contribution in [0.4, 0.5) is 0 Å². The summed E-state index contributed by atoms with van der Waals surface area (Å²) in [6.07, 6.45) is 0. The summed E-state index contributed by atoms with van der Waals surface area (Å²) in [6, 6.07) is 70.8. The maximum atomic E-state index is 5.33. The number of hydrogen-bond acceptors (Lipinski definition) is 2. The van der Waals surface area contributed by atoms with Gasteiger partial charge in [-0.3, -0.25) is 0 Å². The van der Waals surface area contributed by atoms with Crippen LogP contribution in [0.3, 0.4) is 0 Å². The third kappa shape index (κ3) is 4.25. The Bertz CT molecular complexity index is 3150. The number of aromatic nitrogens is 2. The van der Waals surface area contributed by atoms with Crippen LogP contribution < -0.4 is 0 Å². The summed E-state index contributed by atoms with van der Waals surface area (Å²) < 4.78 is 0. The first-order valence-corrected chi connectivity index (χ1v) is 19.0. The van der Waals surface area contributed by atoms with E-state index in [1.54, 1.807) is 0 Å². The van der Waals surface area contributed by atoms with Gasteiger partial charge >= 0.3 is 0 Å². The Kier molecular flexibility index (Phi) is 6.29. The third-order valence-electron chi connectivity index (χ3n) is 12.1. The van der Waals surface area contributed by atoms with Crippen molar-refractivity contribution >= 4 is 32.3 Å². The highest BCUT2D eigenvalue weighted by atomic mass is 14.9. The van der Waals surface area contributed by atoms with Crippen molar-refractivity contribution in [1.82, 2.24) is 9.97 Å². The number of benzene rings is 9. The average molecular weight is 697 g/mol. The van der Waals surface area contributed by atoms with E-state index in [4.69, 9.17) is 9.97 Å². The molecule has 0 radical (unpaired) electrons. The van der Waals surface area contributed by atoms with Gasteiger partial charge in [0.05, 0.1) is 16.8 Å². The Hall–Kier alpha value is -7.16. The van der Waals surface area contributed by atoms with E-state index in [0.29, 0.717) is 5.82 Å². The first kappa shape index (κ1) is 30.3. The van der Waals surface area contributed by atoms with Crippen LogP contribution in [-0.4, -0.2) is 9.97 Å². The second-order valence-corrected chi connectivity index (χ2v) is 14.9. The molecule has 2 aliphatic carbocycles. The zero-order chi connectivity index (χ0) is 36.1. The molecule has 0 N–H and O–H groups in total. The van der Waals surface area contributed by atoms with E-state index in [9.17, 15) is 0 Å². The van der Waals surface area contributed by atoms with Crippen molar-refractivity contribution in [3.63, 3.8) is 0 Å². The van der Waals surface area contributed by atoms with Gasteiger partial charge < -0.3 is 0 Å². The standard InChI is InChI=1S/C53H32N2/c1-2-13-33(14-3-1)52-54-50(32-51(55-52)44-21-12-20-38-39(44)27-25-36-29-34-15-4-5-16-35(34)30-45(36)38)37-26-28-43-42-19-8-11-24-48(42)53(49(43)31-37)46-22-9-6-17-40(46)41-18-7-10-23-47(41)53/h1-32H. The molecule has 254 valence electrons. The van der Waals surface area contributed by atoms with Crippen LogP contribution in [-0.2, 0) is 5.41 Å². The highest BCUT2D eigenvalue weighted by Crippen LogP contribution is 2.63. The lowest BCUT2D eigenvalue weighted by Gasteiger charge is -2.30. The summed E-state index contributed by atoms with van der Waals surface area (Å²) in [7, 11) is 0. The van der Waals surface area contributed by atoms with Crippen LogP contribution in [0.2, 0.25) is 0 Å². The second-order valence-electron chi connectivity index (χ2n) is 14.9. The smallest absolute Gasteiger partial charge is 0.160 e. The van der Waals surface area contributed by atoms with Crippen molar-refractivity contribution in [1.29, 1.82) is 0 Å². The highest BCUT2D eigenvalue weighted by Gasteiger charge is 2.51. The Morgan fingerprint density at radius 3 is 1.58 bits per heavy atom. The lowest BCUT2D eigenvalue weighted by Crippen LogP contribution is -2.25. The van der Waals surface area contributed by atoms with Crippen LogP contribution >= 0.6 is 0 Å². The van der Waals surface area contributed by atoms with Crippen LogP contribution in [0, 0.1) is 0 Å². The highest BCUT2D eigenvalue weighted by molar-refractivity contribution is 6.15. The summed E-state index contributed by atoms with van der Waals surface area (Å²) in [6.45, 7) is 0. The molecule has 0 saturated heterocycles. The molecule has 2 heteroatoms. The van der Waals surface area contributed by atoms with Crippen molar-refractivity contribution < 1.29 is 0 Å². The van der Waals surface area contributed by atoms with Gasteiger partial charge in [0.15, 0.2) is 5.82 Å². The first-order chi connectivity index (χ1) is 27.3. The van der Waals surface area contributed by atoms with Gasteiger partial charge in [0, 0.05) is 16.7 Å². The second kappa shape index (κ2) is 11.4. The maximum absolute atomic E-state index is 5.33. The van der Waals surface area contributed by atoms with E-state index in [2.05, 4.69) is 188 Å². The third-order valence-corrected chi connectivity index (χ3v) is 12.1. The summed E-state index contributed by atoms with van der Waals surface area (Å²) in [5.74, 6) is 0.715. The molecule has 0 amide bonds. The molecule has 2 nitrogen and oxygen atoms in total. The normalized spacial score (nSPS) is 13.2. The van der Waals surface area contributed by atoms with E-state index in [0.717, 1.165) is 28.1 Å². The van der Waals surface area contributed by atoms with Crippen molar-refractivity contribution in [3.8, 4) is 56.2 Å². The molecular formula is C53H32N2. The summed E-state index contributed by atoms with van der Waals surface area (Å²) in [5.41, 5.74) is 15.0. The van der Waals surface area contributed by atoms with Crippen molar-refractivity contribution in [2.24, 2.45) is 0 Å². The molecular weight excluding hydrogens is 665 g/mol. The fourth-order valence-corrected chi connectivity index (χ4v) is 9.71. The van der Waals surface area contributed by atoms with Gasteiger partial charge in [0.25, 0.3) is 0 Å². The Labute approximate surface area is 319 Å². The van der Waals surface area contributed by atoms with E-state index in [1.165, 1.54) is 76.8 Å². The molecule has 10 aromatic rings. The van der Waals surface area contributed by atoms with Gasteiger partial charge in [-0.25, -0.2) is 9.97 Å². The lowest BCUT2D eigenvalue weighted by molar-refractivity contribution is 0.794. The number of hydrogen-bond donors (Lipinski definition) is 0. The first-order valence-electron chi connectivity index (χ1n) is 19.0. The summed E-state index contributed by atoms with van der Waals surface area (Å²) in [5, 5.41) is 7.38. The van der Waals surface area contributed by atoms with Gasteiger partial charge in [-0.05, 0) is 101 Å². The van der Waals surface area contributed by atoms with E-state index in [-0.39, 0.29) is 0 Å². The van der Waals surface area contributed by atoms with Gasteiger partial charge in [0.2, 0.25) is 0 Å². The minimum Gasteiger partial charge on any atom is -0.228 e. The zero-order valence-electron chi connectivity index (χ0n) is 29.9. The van der Waals surface area contributed by atoms with Crippen LogP contribution in [0.1, 0.15) is 22.3 Å². The molecule has 9 aromatic carbocycles. The van der Waals surface area contributed by atoms with E-state index < -0.39 is 5.41 Å². The molecule has 0 aliphatic heterocycles. The molecule has 1 spiro atoms. The molecule has 1 heterocycles. The van der Waals surface area contributed by atoms with E-state index >= 15 is 0 Å². The minimum atomic E-state index is -0.423. The fourth-order valence-electron chi connectivity index (χ4n) is 9.71. The molecule has 2 aliphatic rings. The summed E-state index contributed by atoms with van der Waals surface area (Å²) in [4.78, 5) is 10.6. The van der Waals surface area contributed by atoms with Crippen LogP contribution in [0.25, 0.3) is 88.5 Å². The van der Waals surface area contributed by atoms with Crippen LogP contribution in [0.5, 0.6) is 0 Å². The molecule has 0 unspecified atom stereocenters. The number of nitrogens with zero attached hydrogens (tertiary/aromatic N) is 2. The van der Waals surface area contributed by atoms with Gasteiger partial charge in [0.1, 0.15) is 0 Å². The molecule has 1 aromatic heterocycles. The Morgan fingerprint density at radius 2 is 0.873 bits per heavy atom. The monoisotopic (exact) mass is 696 g/mol. The molecule has 0 fully saturated rings. The molecule has 55 heavy (non-hydrogen) atoms. The SMILES string of the molecule is c1ccc(-c2nc(-c3ccc4c(c3)C3(c5ccccc5-c5ccccc53)c3ccccc3-4)cc(-c3cccc4c3ccc3cc5ccccc5cc34)n2)cc1. The zero-order valence-corrected chi connectivity index (χ0v) is 29.9. The van der Waals surface area contributed by atoms with Gasteiger partial charge in [-0.2, -0.15) is 0 Å². The topological polar surface area (TPSA) is 25.8 Å². The van der Waals surface area contributed by atoms with E-state index in [1.807, 2.05) is 6.07 Å². The largest absolute Gasteiger partial charge is 0.228 e.